The maximum absolute atomic E-state index is 12.7. The number of nitrogens with one attached hydrogen (secondary N) is 1. The number of aryl methyl sites for hydroxylation is 2. The van der Waals surface area contributed by atoms with Gasteiger partial charge in [-0.3, -0.25) is 14.7 Å². The summed E-state index contributed by atoms with van der Waals surface area (Å²) in [5.74, 6) is 0.992. The van der Waals surface area contributed by atoms with Crippen molar-refractivity contribution < 1.29 is 14.1 Å². The van der Waals surface area contributed by atoms with Gasteiger partial charge < -0.3 is 14.2 Å². The van der Waals surface area contributed by atoms with Crippen LogP contribution in [0.4, 0.5) is 11.8 Å². The van der Waals surface area contributed by atoms with Crippen molar-refractivity contribution in [2.45, 2.75) is 19.0 Å². The molecular weight excluding hydrogens is 464 g/mol. The average Bonchev–Trinajstić information content (AvgIpc) is 3.51. The summed E-state index contributed by atoms with van der Waals surface area (Å²) >= 11 is 1.32. The molecule has 1 aliphatic heterocycles. The standard InChI is InChI=1S/C25H26N6O3S/c1-17-7-9-19(10-8-17)20-15-23(34-29-20)26-22(32)16-35-25-28-27-24(30-11-13-33-14-12-30)31(25)21-6-4-3-5-18(21)2/h3-10,15H,11-14,16H2,1-2H3,(H,26,32). The van der Waals surface area contributed by atoms with E-state index < -0.39 is 0 Å². The predicted octanol–water partition coefficient (Wildman–Crippen LogP) is 4.11. The summed E-state index contributed by atoms with van der Waals surface area (Å²) in [5, 5.41) is 16.4. The predicted molar refractivity (Wildman–Crippen MR) is 135 cm³/mol. The number of amides is 1. The van der Waals surface area contributed by atoms with Gasteiger partial charge in [-0.25, -0.2) is 0 Å². The SMILES string of the molecule is Cc1ccc(-c2cc(NC(=O)CSc3nnc(N4CCOCC4)n3-c3ccccc3C)on2)cc1. The van der Waals surface area contributed by atoms with Crippen LogP contribution >= 0.6 is 11.8 Å². The molecule has 1 amide bonds. The molecule has 5 rings (SSSR count). The van der Waals surface area contributed by atoms with Crippen molar-refractivity contribution in [3.8, 4) is 16.9 Å². The summed E-state index contributed by atoms with van der Waals surface area (Å²) in [4.78, 5) is 14.9. The van der Waals surface area contributed by atoms with Gasteiger partial charge in [0.25, 0.3) is 0 Å². The minimum atomic E-state index is -0.214. The van der Waals surface area contributed by atoms with E-state index >= 15 is 0 Å². The third-order valence-corrected chi connectivity index (χ3v) is 6.65. The van der Waals surface area contributed by atoms with E-state index in [2.05, 4.69) is 38.6 Å². The van der Waals surface area contributed by atoms with Crippen molar-refractivity contribution in [2.75, 3.05) is 42.3 Å². The van der Waals surface area contributed by atoms with Gasteiger partial charge >= 0.3 is 0 Å². The van der Waals surface area contributed by atoms with E-state index in [0.717, 1.165) is 41.4 Å². The van der Waals surface area contributed by atoms with E-state index in [4.69, 9.17) is 9.26 Å². The molecule has 4 aromatic rings. The zero-order valence-electron chi connectivity index (χ0n) is 19.6. The molecule has 1 saturated heterocycles. The molecular formula is C25H26N6O3S. The molecule has 10 heteroatoms. The van der Waals surface area contributed by atoms with Gasteiger partial charge in [0.1, 0.15) is 5.69 Å². The van der Waals surface area contributed by atoms with Crippen molar-refractivity contribution in [3.63, 3.8) is 0 Å². The molecule has 0 saturated carbocycles. The van der Waals surface area contributed by atoms with E-state index in [9.17, 15) is 4.79 Å². The smallest absolute Gasteiger partial charge is 0.237 e. The van der Waals surface area contributed by atoms with Crippen LogP contribution in [0.5, 0.6) is 0 Å². The number of ether oxygens (including phenoxy) is 1. The van der Waals surface area contributed by atoms with Crippen molar-refractivity contribution in [3.05, 3.63) is 65.7 Å². The molecule has 0 bridgehead atoms. The second kappa shape index (κ2) is 10.3. The average molecular weight is 491 g/mol. The number of morpholine rings is 1. The van der Waals surface area contributed by atoms with Gasteiger partial charge in [0.05, 0.1) is 24.7 Å². The fourth-order valence-electron chi connectivity index (χ4n) is 3.85. The summed E-state index contributed by atoms with van der Waals surface area (Å²) in [6, 6.07) is 17.8. The Balaban J connectivity index is 1.30. The molecule has 0 atom stereocenters. The lowest BCUT2D eigenvalue weighted by Gasteiger charge is -2.28. The Labute approximate surface area is 207 Å². The zero-order valence-corrected chi connectivity index (χ0v) is 20.4. The van der Waals surface area contributed by atoms with Crippen molar-refractivity contribution in [1.82, 2.24) is 19.9 Å². The zero-order chi connectivity index (χ0) is 24.2. The summed E-state index contributed by atoms with van der Waals surface area (Å²) in [5.41, 5.74) is 4.84. The molecule has 35 heavy (non-hydrogen) atoms. The number of nitrogens with zero attached hydrogens (tertiary/aromatic N) is 5. The van der Waals surface area contributed by atoms with Crippen LogP contribution in [0.25, 0.3) is 16.9 Å². The highest BCUT2D eigenvalue weighted by Gasteiger charge is 2.23. The summed E-state index contributed by atoms with van der Waals surface area (Å²) in [6.07, 6.45) is 0. The van der Waals surface area contributed by atoms with Gasteiger partial charge in [-0.2, -0.15) is 0 Å². The van der Waals surface area contributed by atoms with Crippen LogP contribution in [0.1, 0.15) is 11.1 Å². The molecule has 1 fully saturated rings. The first-order valence-corrected chi connectivity index (χ1v) is 12.4. The van der Waals surface area contributed by atoms with Gasteiger partial charge in [-0.15, -0.1) is 10.2 Å². The number of carbonyl (C=O) groups is 1. The fraction of sp³-hybridized carbons (Fsp3) is 0.280. The van der Waals surface area contributed by atoms with Gasteiger partial charge in [0, 0.05) is 24.7 Å². The summed E-state index contributed by atoms with van der Waals surface area (Å²) in [7, 11) is 0. The molecule has 3 heterocycles. The largest absolute Gasteiger partial charge is 0.378 e. The molecule has 0 unspecified atom stereocenters. The Hall–Kier alpha value is -3.63. The molecule has 0 radical (unpaired) electrons. The molecule has 2 aromatic heterocycles. The Bertz CT molecular complexity index is 1310. The van der Waals surface area contributed by atoms with E-state index in [0.29, 0.717) is 29.9 Å². The Kier molecular flexibility index (Phi) is 6.82. The topological polar surface area (TPSA) is 98.3 Å². The number of rotatable bonds is 7. The number of para-hydroxylation sites is 1. The first-order chi connectivity index (χ1) is 17.1. The van der Waals surface area contributed by atoms with Crippen LogP contribution < -0.4 is 10.2 Å². The number of carbonyl (C=O) groups excluding carboxylic acids is 1. The maximum atomic E-state index is 12.7. The highest BCUT2D eigenvalue weighted by Crippen LogP contribution is 2.29. The van der Waals surface area contributed by atoms with E-state index in [-0.39, 0.29) is 11.7 Å². The first kappa shape index (κ1) is 23.1. The van der Waals surface area contributed by atoms with Crippen LogP contribution in [-0.4, -0.2) is 57.9 Å². The van der Waals surface area contributed by atoms with Crippen LogP contribution in [0, 0.1) is 13.8 Å². The number of benzene rings is 2. The fourth-order valence-corrected chi connectivity index (χ4v) is 4.59. The van der Waals surface area contributed by atoms with Crippen LogP contribution in [0.3, 0.4) is 0 Å². The van der Waals surface area contributed by atoms with Gasteiger partial charge in [0.15, 0.2) is 5.16 Å². The molecule has 0 aliphatic carbocycles. The van der Waals surface area contributed by atoms with Crippen molar-refractivity contribution in [1.29, 1.82) is 0 Å². The number of anilines is 2. The highest BCUT2D eigenvalue weighted by atomic mass is 32.2. The second-order valence-electron chi connectivity index (χ2n) is 8.28. The van der Waals surface area contributed by atoms with Crippen LogP contribution in [0.2, 0.25) is 0 Å². The van der Waals surface area contributed by atoms with Gasteiger partial charge in [0.2, 0.25) is 17.7 Å². The Morgan fingerprint density at radius 2 is 1.83 bits per heavy atom. The van der Waals surface area contributed by atoms with Crippen molar-refractivity contribution >= 4 is 29.5 Å². The highest BCUT2D eigenvalue weighted by molar-refractivity contribution is 7.99. The normalized spacial score (nSPS) is 13.7. The minimum absolute atomic E-state index is 0.147. The van der Waals surface area contributed by atoms with Gasteiger partial charge in [-0.05, 0) is 25.5 Å². The van der Waals surface area contributed by atoms with Crippen molar-refractivity contribution in [2.24, 2.45) is 0 Å². The Morgan fingerprint density at radius 1 is 1.06 bits per heavy atom. The third kappa shape index (κ3) is 5.23. The lowest BCUT2D eigenvalue weighted by molar-refractivity contribution is -0.113. The third-order valence-electron chi connectivity index (χ3n) is 5.72. The molecule has 180 valence electrons. The van der Waals surface area contributed by atoms with E-state index in [1.54, 1.807) is 6.07 Å². The first-order valence-electron chi connectivity index (χ1n) is 11.4. The lowest BCUT2D eigenvalue weighted by Crippen LogP contribution is -2.38. The van der Waals surface area contributed by atoms with E-state index in [1.165, 1.54) is 11.8 Å². The van der Waals surface area contributed by atoms with Crippen LogP contribution in [0.15, 0.2) is 64.3 Å². The van der Waals surface area contributed by atoms with Gasteiger partial charge in [-0.1, -0.05) is 64.9 Å². The summed E-state index contributed by atoms with van der Waals surface area (Å²) in [6.45, 7) is 6.85. The molecule has 1 N–H and O–H groups in total. The quantitative estimate of drug-likeness (QED) is 0.387. The molecule has 1 aliphatic rings. The molecule has 2 aromatic carbocycles. The second-order valence-corrected chi connectivity index (χ2v) is 9.23. The number of aromatic nitrogens is 4. The number of hydrogen-bond acceptors (Lipinski definition) is 8. The molecule has 0 spiro atoms. The Morgan fingerprint density at radius 3 is 2.60 bits per heavy atom. The van der Waals surface area contributed by atoms with Crippen LogP contribution in [-0.2, 0) is 9.53 Å². The van der Waals surface area contributed by atoms with E-state index in [1.807, 2.05) is 54.0 Å². The number of hydrogen-bond donors (Lipinski definition) is 1. The summed E-state index contributed by atoms with van der Waals surface area (Å²) < 4.78 is 12.8. The molecule has 9 nitrogen and oxygen atoms in total. The number of thioether (sulfide) groups is 1. The monoisotopic (exact) mass is 490 g/mol. The lowest BCUT2D eigenvalue weighted by atomic mass is 10.1. The minimum Gasteiger partial charge on any atom is -0.378 e. The maximum Gasteiger partial charge on any atom is 0.237 e.